The number of hydrogen-bond acceptors (Lipinski definition) is 6. The fourth-order valence-electron chi connectivity index (χ4n) is 3.81. The van der Waals surface area contributed by atoms with Crippen molar-refractivity contribution in [3.63, 3.8) is 0 Å². The summed E-state index contributed by atoms with van der Waals surface area (Å²) in [6.07, 6.45) is 3.01. The van der Waals surface area contributed by atoms with E-state index in [9.17, 15) is 19.1 Å². The van der Waals surface area contributed by atoms with Gasteiger partial charge in [0.15, 0.2) is 0 Å². The number of methoxy groups -OCH3 is 2. The third-order valence-corrected chi connectivity index (χ3v) is 5.58. The number of aliphatic hydroxyl groups is 1. The van der Waals surface area contributed by atoms with Crippen LogP contribution in [0.5, 0.6) is 11.5 Å². The molecule has 0 aliphatic carbocycles. The number of halogens is 2. The van der Waals surface area contributed by atoms with Gasteiger partial charge >= 0.3 is 0 Å². The highest BCUT2D eigenvalue weighted by Gasteiger charge is 2.47. The number of carbonyl (C=O) groups excluding carboxylic acids is 2. The molecule has 1 N–H and O–H groups in total. The Hall–Kier alpha value is -3.91. The number of aromatic nitrogens is 1. The van der Waals surface area contributed by atoms with Gasteiger partial charge in [-0.25, -0.2) is 4.39 Å². The van der Waals surface area contributed by atoms with Crippen molar-refractivity contribution in [2.45, 2.75) is 6.04 Å². The fourth-order valence-corrected chi connectivity index (χ4v) is 3.98. The zero-order chi connectivity index (χ0) is 23.7. The molecule has 1 atom stereocenters. The van der Waals surface area contributed by atoms with Crippen molar-refractivity contribution in [1.29, 1.82) is 0 Å². The molecule has 1 aliphatic heterocycles. The molecule has 1 aliphatic rings. The van der Waals surface area contributed by atoms with Gasteiger partial charge in [-0.2, -0.15) is 0 Å². The number of pyridine rings is 1. The summed E-state index contributed by atoms with van der Waals surface area (Å²) in [5.41, 5.74) is 0.554. The Morgan fingerprint density at radius 3 is 2.36 bits per heavy atom. The van der Waals surface area contributed by atoms with Crippen LogP contribution in [0, 0.1) is 5.82 Å². The van der Waals surface area contributed by atoms with Gasteiger partial charge in [0.25, 0.3) is 11.7 Å². The molecule has 1 amide bonds. The Kier molecular flexibility index (Phi) is 6.02. The summed E-state index contributed by atoms with van der Waals surface area (Å²) in [6, 6.07) is 10.8. The molecule has 1 saturated heterocycles. The molecule has 33 heavy (non-hydrogen) atoms. The van der Waals surface area contributed by atoms with E-state index in [-0.39, 0.29) is 33.3 Å². The van der Waals surface area contributed by atoms with E-state index in [2.05, 4.69) is 4.98 Å². The number of amides is 1. The molecule has 4 rings (SSSR count). The molecule has 0 bridgehead atoms. The number of aliphatic hydroxyl groups excluding tert-OH is 1. The third kappa shape index (κ3) is 3.78. The third-order valence-electron chi connectivity index (χ3n) is 5.29. The first-order chi connectivity index (χ1) is 15.9. The van der Waals surface area contributed by atoms with Gasteiger partial charge in [-0.05, 0) is 42.0 Å². The van der Waals surface area contributed by atoms with Crippen molar-refractivity contribution in [3.05, 3.63) is 88.5 Å². The molecule has 1 aromatic heterocycles. The van der Waals surface area contributed by atoms with E-state index in [0.717, 1.165) is 11.0 Å². The van der Waals surface area contributed by atoms with Gasteiger partial charge in [0.2, 0.25) is 0 Å². The lowest BCUT2D eigenvalue weighted by Gasteiger charge is -2.25. The number of nitrogens with zero attached hydrogens (tertiary/aromatic N) is 2. The van der Waals surface area contributed by atoms with E-state index >= 15 is 0 Å². The summed E-state index contributed by atoms with van der Waals surface area (Å²) in [5.74, 6) is -2.52. The number of carbonyl (C=O) groups is 2. The second kappa shape index (κ2) is 8.91. The summed E-state index contributed by atoms with van der Waals surface area (Å²) in [4.78, 5) is 31.6. The summed E-state index contributed by atoms with van der Waals surface area (Å²) in [6.45, 7) is 0. The minimum atomic E-state index is -1.06. The zero-order valence-electron chi connectivity index (χ0n) is 17.6. The van der Waals surface area contributed by atoms with Crippen LogP contribution < -0.4 is 14.4 Å². The second-order valence-electron chi connectivity index (χ2n) is 7.09. The molecule has 0 radical (unpaired) electrons. The normalized spacial score (nSPS) is 17.3. The van der Waals surface area contributed by atoms with Crippen molar-refractivity contribution in [2.24, 2.45) is 0 Å². The van der Waals surface area contributed by atoms with Crippen molar-refractivity contribution in [2.75, 3.05) is 19.1 Å². The molecule has 0 saturated carbocycles. The van der Waals surface area contributed by atoms with Crippen molar-refractivity contribution >= 4 is 34.7 Å². The average Bonchev–Trinajstić information content (AvgIpc) is 3.10. The smallest absolute Gasteiger partial charge is 0.300 e. The lowest BCUT2D eigenvalue weighted by molar-refractivity contribution is -0.132. The van der Waals surface area contributed by atoms with Gasteiger partial charge in [-0.1, -0.05) is 23.7 Å². The monoisotopic (exact) mass is 468 g/mol. The lowest BCUT2D eigenvalue weighted by atomic mass is 9.95. The molecule has 0 spiro atoms. The molecule has 2 heterocycles. The lowest BCUT2D eigenvalue weighted by Crippen LogP contribution is -2.29. The van der Waals surface area contributed by atoms with Crippen molar-refractivity contribution in [3.8, 4) is 11.5 Å². The van der Waals surface area contributed by atoms with Crippen LogP contribution in [0.3, 0.4) is 0 Å². The molecule has 3 aromatic rings. The highest BCUT2D eigenvalue weighted by molar-refractivity contribution is 6.52. The Labute approximate surface area is 193 Å². The molecular weight excluding hydrogens is 451 g/mol. The number of hydrogen-bond donors (Lipinski definition) is 1. The number of ether oxygens (including phenoxy) is 2. The van der Waals surface area contributed by atoms with Gasteiger partial charge in [0.05, 0.1) is 30.9 Å². The SMILES string of the molecule is COc1cccc(OC)c1/C(O)=C1\C(=O)C(=O)N(c2ccc(F)c(Cl)c2)C1c1cccnc1. The Balaban J connectivity index is 2.01. The summed E-state index contributed by atoms with van der Waals surface area (Å²) in [7, 11) is 2.81. The van der Waals surface area contributed by atoms with Crippen LogP contribution >= 0.6 is 11.6 Å². The second-order valence-corrected chi connectivity index (χ2v) is 7.50. The molecule has 2 aromatic carbocycles. The van der Waals surface area contributed by atoms with Crippen LogP contribution in [0.4, 0.5) is 10.1 Å². The van der Waals surface area contributed by atoms with E-state index in [4.69, 9.17) is 21.1 Å². The quantitative estimate of drug-likeness (QED) is 0.336. The first-order valence-electron chi connectivity index (χ1n) is 9.76. The van der Waals surface area contributed by atoms with E-state index in [1.807, 2.05) is 0 Å². The zero-order valence-corrected chi connectivity index (χ0v) is 18.3. The highest BCUT2D eigenvalue weighted by Crippen LogP contribution is 2.45. The first-order valence-corrected chi connectivity index (χ1v) is 10.1. The number of benzene rings is 2. The van der Waals surface area contributed by atoms with E-state index in [0.29, 0.717) is 5.56 Å². The van der Waals surface area contributed by atoms with Gasteiger partial charge in [-0.15, -0.1) is 0 Å². The minimum absolute atomic E-state index is 0.117. The summed E-state index contributed by atoms with van der Waals surface area (Å²) < 4.78 is 24.5. The predicted octanol–water partition coefficient (Wildman–Crippen LogP) is 4.52. The van der Waals surface area contributed by atoms with Gasteiger partial charge in [0.1, 0.15) is 28.6 Å². The fraction of sp³-hybridized carbons (Fsp3) is 0.125. The van der Waals surface area contributed by atoms with Crippen molar-refractivity contribution in [1.82, 2.24) is 4.98 Å². The number of ketones is 1. The molecule has 1 unspecified atom stereocenters. The molecule has 9 heteroatoms. The molecule has 1 fully saturated rings. The van der Waals surface area contributed by atoms with E-state index < -0.39 is 29.3 Å². The number of rotatable bonds is 5. The highest BCUT2D eigenvalue weighted by atomic mass is 35.5. The van der Waals surface area contributed by atoms with Crippen LogP contribution in [0.25, 0.3) is 5.76 Å². The maximum absolute atomic E-state index is 13.8. The van der Waals surface area contributed by atoms with Crippen LogP contribution in [0.2, 0.25) is 5.02 Å². The Bertz CT molecular complexity index is 1260. The van der Waals surface area contributed by atoms with Gasteiger partial charge in [0, 0.05) is 18.1 Å². The van der Waals surface area contributed by atoms with Crippen LogP contribution in [0.15, 0.2) is 66.5 Å². The van der Waals surface area contributed by atoms with Crippen LogP contribution in [0.1, 0.15) is 17.2 Å². The molecular formula is C24H18ClFN2O5. The standard InChI is InChI=1S/C24H18ClFN2O5/c1-32-17-6-3-7-18(33-2)19(17)22(29)20-21(13-5-4-10-27-12-13)28(24(31)23(20)30)14-8-9-16(26)15(25)11-14/h3-12,21,29H,1-2H3/b22-20+. The van der Waals surface area contributed by atoms with Crippen LogP contribution in [-0.2, 0) is 9.59 Å². The summed E-state index contributed by atoms with van der Waals surface area (Å²) >= 11 is 5.94. The van der Waals surface area contributed by atoms with Gasteiger partial charge < -0.3 is 14.6 Å². The van der Waals surface area contributed by atoms with Crippen molar-refractivity contribution < 1.29 is 28.6 Å². The predicted molar refractivity (Wildman–Crippen MR) is 120 cm³/mol. The first kappa shape index (κ1) is 22.3. The maximum Gasteiger partial charge on any atom is 0.300 e. The molecule has 7 nitrogen and oxygen atoms in total. The van der Waals surface area contributed by atoms with E-state index in [1.165, 1.54) is 38.7 Å². The average molecular weight is 469 g/mol. The van der Waals surface area contributed by atoms with Crippen LogP contribution in [-0.4, -0.2) is 36.0 Å². The minimum Gasteiger partial charge on any atom is -0.506 e. The topological polar surface area (TPSA) is 89.0 Å². The Morgan fingerprint density at radius 2 is 1.79 bits per heavy atom. The largest absolute Gasteiger partial charge is 0.506 e. The molecule has 168 valence electrons. The van der Waals surface area contributed by atoms with E-state index in [1.54, 1.807) is 30.3 Å². The Morgan fingerprint density at radius 1 is 1.09 bits per heavy atom. The maximum atomic E-state index is 13.8. The van der Waals surface area contributed by atoms with Gasteiger partial charge in [-0.3, -0.25) is 19.5 Å². The number of anilines is 1. The summed E-state index contributed by atoms with van der Waals surface area (Å²) in [5, 5.41) is 11.1. The number of Topliss-reactive ketones (excluding diaryl/α,β-unsaturated/α-hetero) is 1.